The van der Waals surface area contributed by atoms with Gasteiger partial charge in [0, 0.05) is 13.6 Å². The van der Waals surface area contributed by atoms with E-state index in [2.05, 4.69) is 0 Å². The topological polar surface area (TPSA) is 80.5 Å². The Labute approximate surface area is 128 Å². The van der Waals surface area contributed by atoms with E-state index in [-0.39, 0.29) is 11.5 Å². The van der Waals surface area contributed by atoms with Gasteiger partial charge >= 0.3 is 0 Å². The van der Waals surface area contributed by atoms with Gasteiger partial charge in [0.05, 0.1) is 15.5 Å². The molecule has 1 aromatic carbocycles. The first-order valence-electron chi connectivity index (χ1n) is 6.35. The maximum Gasteiger partial charge on any atom is 0.255 e. The first-order chi connectivity index (χ1) is 9.57. The summed E-state index contributed by atoms with van der Waals surface area (Å²) in [5, 5.41) is 4.55. The fraction of sp³-hybridized carbons (Fsp3) is 0.462. The molecule has 0 saturated heterocycles. The molecule has 0 radical (unpaired) electrons. The van der Waals surface area contributed by atoms with E-state index in [1.807, 2.05) is 13.8 Å². The summed E-state index contributed by atoms with van der Waals surface area (Å²) in [5.74, 6) is -1.29. The van der Waals surface area contributed by atoms with E-state index < -0.39 is 31.7 Å². The summed E-state index contributed by atoms with van der Waals surface area (Å²) in [6.07, 6.45) is 0.872. The zero-order chi connectivity index (χ0) is 16.4. The van der Waals surface area contributed by atoms with Gasteiger partial charge in [0.25, 0.3) is 5.91 Å². The Kier molecular flexibility index (Phi) is 5.72. The largest absolute Gasteiger partial charge is 0.341 e. The van der Waals surface area contributed by atoms with Gasteiger partial charge in [0.15, 0.2) is 0 Å². The summed E-state index contributed by atoms with van der Waals surface area (Å²) in [6, 6.07) is 1.69. The molecule has 118 valence electrons. The zero-order valence-corrected chi connectivity index (χ0v) is 13.6. The van der Waals surface area contributed by atoms with Crippen molar-refractivity contribution in [2.75, 3.05) is 13.6 Å². The summed E-state index contributed by atoms with van der Waals surface area (Å²) in [6.45, 7) is 4.40. The summed E-state index contributed by atoms with van der Waals surface area (Å²) >= 11 is 5.77. The normalized spacial score (nSPS) is 13.0. The molecule has 0 aliphatic carbocycles. The number of rotatable bonds is 5. The average Bonchev–Trinajstić information content (AvgIpc) is 2.39. The molecule has 5 nitrogen and oxygen atoms in total. The van der Waals surface area contributed by atoms with Crippen LogP contribution in [0, 0.1) is 11.7 Å². The number of hydrogen-bond donors (Lipinski definition) is 1. The zero-order valence-electron chi connectivity index (χ0n) is 12.1. The van der Waals surface area contributed by atoms with Crippen LogP contribution in [0.5, 0.6) is 0 Å². The summed E-state index contributed by atoms with van der Waals surface area (Å²) < 4.78 is 36.3. The van der Waals surface area contributed by atoms with Crippen molar-refractivity contribution in [3.63, 3.8) is 0 Å². The van der Waals surface area contributed by atoms with Crippen LogP contribution in [0.1, 0.15) is 30.6 Å². The van der Waals surface area contributed by atoms with Gasteiger partial charge in [-0.05, 0) is 18.1 Å². The highest BCUT2D eigenvalue weighted by atomic mass is 35.5. The molecular weight excluding hydrogens is 319 g/mol. The minimum atomic E-state index is -4.12. The van der Waals surface area contributed by atoms with E-state index in [9.17, 15) is 17.6 Å². The highest BCUT2D eigenvalue weighted by Crippen LogP contribution is 2.25. The number of sulfonamides is 1. The van der Waals surface area contributed by atoms with Crippen LogP contribution in [-0.2, 0) is 10.0 Å². The van der Waals surface area contributed by atoms with Crippen LogP contribution >= 0.6 is 11.6 Å². The van der Waals surface area contributed by atoms with Crippen LogP contribution in [0.4, 0.5) is 4.39 Å². The fourth-order valence-electron chi connectivity index (χ4n) is 1.77. The number of nitrogens with zero attached hydrogens (tertiary/aromatic N) is 1. The molecular formula is C13H18ClFN2O3S. The number of hydrogen-bond acceptors (Lipinski definition) is 3. The highest BCUT2D eigenvalue weighted by Gasteiger charge is 2.22. The SMILES string of the molecule is CCC(C)CN(C)C(=O)c1cc(S(N)(=O)=O)cc(F)c1Cl. The summed E-state index contributed by atoms with van der Waals surface area (Å²) in [5.41, 5.74) is -0.216. The lowest BCUT2D eigenvalue weighted by molar-refractivity contribution is 0.0774. The second-order valence-electron chi connectivity index (χ2n) is 5.01. The fourth-order valence-corrected chi connectivity index (χ4v) is 2.51. The third kappa shape index (κ3) is 4.39. The quantitative estimate of drug-likeness (QED) is 0.895. The van der Waals surface area contributed by atoms with Gasteiger partial charge in [-0.3, -0.25) is 4.79 Å². The number of carbonyl (C=O) groups is 1. The Morgan fingerprint density at radius 3 is 2.52 bits per heavy atom. The smallest absolute Gasteiger partial charge is 0.255 e. The Morgan fingerprint density at radius 2 is 2.05 bits per heavy atom. The van der Waals surface area contributed by atoms with Crippen LogP contribution in [0.3, 0.4) is 0 Å². The number of nitrogens with two attached hydrogens (primary N) is 1. The Balaban J connectivity index is 3.23. The van der Waals surface area contributed by atoms with Gasteiger partial charge in [-0.25, -0.2) is 17.9 Å². The Hall–Kier alpha value is -1.18. The number of halogens is 2. The minimum absolute atomic E-state index is 0.216. The van der Waals surface area contributed by atoms with E-state index in [4.69, 9.17) is 16.7 Å². The second kappa shape index (κ2) is 6.72. The van der Waals surface area contributed by atoms with E-state index in [0.717, 1.165) is 12.5 Å². The molecule has 0 fully saturated rings. The molecule has 2 N–H and O–H groups in total. The van der Waals surface area contributed by atoms with Crippen LogP contribution in [0.15, 0.2) is 17.0 Å². The molecule has 0 aliphatic rings. The van der Waals surface area contributed by atoms with Gasteiger partial charge in [-0.1, -0.05) is 31.9 Å². The van der Waals surface area contributed by atoms with Crippen molar-refractivity contribution in [2.45, 2.75) is 25.2 Å². The lowest BCUT2D eigenvalue weighted by Crippen LogP contribution is -2.31. The number of benzene rings is 1. The maximum atomic E-state index is 13.7. The molecule has 21 heavy (non-hydrogen) atoms. The van der Waals surface area contributed by atoms with Crippen molar-refractivity contribution < 1.29 is 17.6 Å². The standard InChI is InChI=1S/C13H18ClFN2O3S/c1-4-8(2)7-17(3)13(18)10-5-9(21(16,19)20)6-11(15)12(10)14/h5-6,8H,4,7H2,1-3H3,(H2,16,19,20). The predicted molar refractivity (Wildman–Crippen MR) is 79.2 cm³/mol. The second-order valence-corrected chi connectivity index (χ2v) is 6.95. The third-order valence-electron chi connectivity index (χ3n) is 3.19. The van der Waals surface area contributed by atoms with Crippen LogP contribution in [-0.4, -0.2) is 32.8 Å². The van der Waals surface area contributed by atoms with E-state index in [0.29, 0.717) is 12.6 Å². The lowest BCUT2D eigenvalue weighted by atomic mass is 10.1. The summed E-state index contributed by atoms with van der Waals surface area (Å²) in [4.78, 5) is 13.2. The number of carbonyl (C=O) groups excluding carboxylic acids is 1. The molecule has 1 aromatic rings. The van der Waals surface area contributed by atoms with Crippen molar-refractivity contribution in [3.8, 4) is 0 Å². The molecule has 0 heterocycles. The maximum absolute atomic E-state index is 13.7. The molecule has 0 bridgehead atoms. The van der Waals surface area contributed by atoms with E-state index in [1.165, 1.54) is 4.90 Å². The lowest BCUT2D eigenvalue weighted by Gasteiger charge is -2.21. The van der Waals surface area contributed by atoms with Crippen LogP contribution in [0.25, 0.3) is 0 Å². The van der Waals surface area contributed by atoms with Gasteiger partial charge in [0.2, 0.25) is 10.0 Å². The van der Waals surface area contributed by atoms with Gasteiger partial charge < -0.3 is 4.90 Å². The number of primary sulfonamides is 1. The van der Waals surface area contributed by atoms with Gasteiger partial charge in [-0.15, -0.1) is 0 Å². The predicted octanol–water partition coefficient (Wildman–Crippen LogP) is 2.24. The molecule has 8 heteroatoms. The third-order valence-corrected chi connectivity index (χ3v) is 4.47. The average molecular weight is 337 g/mol. The van der Waals surface area contributed by atoms with Crippen LogP contribution < -0.4 is 5.14 Å². The Morgan fingerprint density at radius 1 is 1.48 bits per heavy atom. The Bertz CT molecular complexity index is 649. The minimum Gasteiger partial charge on any atom is -0.341 e. The van der Waals surface area contributed by atoms with Crippen LogP contribution in [0.2, 0.25) is 5.02 Å². The van der Waals surface area contributed by atoms with Gasteiger partial charge in [0.1, 0.15) is 5.82 Å². The van der Waals surface area contributed by atoms with E-state index >= 15 is 0 Å². The van der Waals surface area contributed by atoms with Crippen molar-refractivity contribution in [1.29, 1.82) is 0 Å². The van der Waals surface area contributed by atoms with Crippen molar-refractivity contribution in [2.24, 2.45) is 11.1 Å². The van der Waals surface area contributed by atoms with Crippen molar-refractivity contribution in [3.05, 3.63) is 28.5 Å². The van der Waals surface area contributed by atoms with Crippen molar-refractivity contribution in [1.82, 2.24) is 4.90 Å². The monoisotopic (exact) mass is 336 g/mol. The molecule has 1 atom stereocenters. The first-order valence-corrected chi connectivity index (χ1v) is 8.27. The molecule has 0 aromatic heterocycles. The molecule has 0 saturated carbocycles. The van der Waals surface area contributed by atoms with E-state index in [1.54, 1.807) is 7.05 Å². The molecule has 1 unspecified atom stereocenters. The number of amides is 1. The first kappa shape index (κ1) is 17.9. The summed E-state index contributed by atoms with van der Waals surface area (Å²) in [7, 11) is -2.57. The molecule has 1 rings (SSSR count). The molecule has 0 spiro atoms. The molecule has 0 aliphatic heterocycles. The highest BCUT2D eigenvalue weighted by molar-refractivity contribution is 7.89. The van der Waals surface area contributed by atoms with Crippen molar-refractivity contribution >= 4 is 27.5 Å². The molecule has 1 amide bonds. The van der Waals surface area contributed by atoms with Gasteiger partial charge in [-0.2, -0.15) is 0 Å².